The highest BCUT2D eigenvalue weighted by molar-refractivity contribution is 6.32. The van der Waals surface area contributed by atoms with E-state index in [0.717, 1.165) is 23.7 Å². The van der Waals surface area contributed by atoms with Gasteiger partial charge in [0, 0.05) is 30.6 Å². The monoisotopic (exact) mass is 491 g/mol. The lowest BCUT2D eigenvalue weighted by Gasteiger charge is -2.29. The summed E-state index contributed by atoms with van der Waals surface area (Å²) in [5, 5.41) is 8.09. The number of rotatable bonds is 4. The maximum atomic E-state index is 14.3. The Morgan fingerprint density at radius 3 is 2.74 bits per heavy atom. The van der Waals surface area contributed by atoms with Crippen LogP contribution >= 0.6 is 11.6 Å². The van der Waals surface area contributed by atoms with Gasteiger partial charge in [0.1, 0.15) is 16.7 Å². The van der Waals surface area contributed by atoms with Crippen molar-refractivity contribution in [2.45, 2.75) is 19.3 Å². The van der Waals surface area contributed by atoms with Gasteiger partial charge in [0.05, 0.1) is 28.7 Å². The molecule has 4 aromatic rings. The van der Waals surface area contributed by atoms with E-state index in [4.69, 9.17) is 11.6 Å². The molecule has 12 heteroatoms. The SMILES string of the molecule is O=C1c2cc(-c3cccc4cnnn34)c(Cl)nc2CCN1Cc1cc(OC(F)(F)F)ccc1F. The van der Waals surface area contributed by atoms with Gasteiger partial charge in [-0.3, -0.25) is 4.79 Å². The second-order valence-corrected chi connectivity index (χ2v) is 7.94. The van der Waals surface area contributed by atoms with Crippen LogP contribution in [0.1, 0.15) is 21.6 Å². The number of pyridine rings is 2. The first-order valence-electron chi connectivity index (χ1n) is 10.0. The zero-order valence-electron chi connectivity index (χ0n) is 17.2. The summed E-state index contributed by atoms with van der Waals surface area (Å²) < 4.78 is 57.4. The predicted molar refractivity (Wildman–Crippen MR) is 113 cm³/mol. The molecule has 0 bridgehead atoms. The van der Waals surface area contributed by atoms with Crippen LogP contribution in [-0.4, -0.2) is 43.5 Å². The highest BCUT2D eigenvalue weighted by Gasteiger charge is 2.32. The van der Waals surface area contributed by atoms with Gasteiger partial charge < -0.3 is 9.64 Å². The molecule has 3 aromatic heterocycles. The Balaban J connectivity index is 1.47. The number of fused-ring (bicyclic) bond motifs is 2. The minimum absolute atomic E-state index is 0.104. The van der Waals surface area contributed by atoms with Crippen molar-refractivity contribution in [1.82, 2.24) is 24.7 Å². The van der Waals surface area contributed by atoms with Crippen LogP contribution in [0.5, 0.6) is 5.75 Å². The van der Waals surface area contributed by atoms with Gasteiger partial charge in [-0.1, -0.05) is 22.9 Å². The second-order valence-electron chi connectivity index (χ2n) is 7.58. The van der Waals surface area contributed by atoms with E-state index in [9.17, 15) is 22.4 Å². The number of hydrogen-bond acceptors (Lipinski definition) is 5. The molecule has 174 valence electrons. The number of carbonyl (C=O) groups excluding carboxylic acids is 1. The minimum atomic E-state index is -4.91. The Morgan fingerprint density at radius 2 is 1.94 bits per heavy atom. The van der Waals surface area contributed by atoms with E-state index in [-0.39, 0.29) is 29.4 Å². The molecule has 1 amide bonds. The van der Waals surface area contributed by atoms with Gasteiger partial charge in [-0.2, -0.15) is 0 Å². The van der Waals surface area contributed by atoms with Crippen molar-refractivity contribution in [3.05, 3.63) is 76.5 Å². The first-order valence-corrected chi connectivity index (χ1v) is 10.4. The summed E-state index contributed by atoms with van der Waals surface area (Å²) in [4.78, 5) is 19.0. The van der Waals surface area contributed by atoms with Crippen LogP contribution in [0.4, 0.5) is 17.6 Å². The molecule has 4 heterocycles. The summed E-state index contributed by atoms with van der Waals surface area (Å²) in [5.74, 6) is -1.76. The number of carbonyl (C=O) groups is 1. The summed E-state index contributed by atoms with van der Waals surface area (Å²) in [6.45, 7) is -0.0489. The Bertz CT molecular complexity index is 1420. The number of benzene rings is 1. The van der Waals surface area contributed by atoms with Gasteiger partial charge in [-0.25, -0.2) is 13.9 Å². The van der Waals surface area contributed by atoms with Crippen LogP contribution < -0.4 is 4.74 Å². The van der Waals surface area contributed by atoms with E-state index in [2.05, 4.69) is 20.0 Å². The maximum absolute atomic E-state index is 14.3. The highest BCUT2D eigenvalue weighted by atomic mass is 35.5. The minimum Gasteiger partial charge on any atom is -0.406 e. The lowest BCUT2D eigenvalue weighted by Crippen LogP contribution is -2.37. The van der Waals surface area contributed by atoms with Crippen LogP contribution in [-0.2, 0) is 13.0 Å². The smallest absolute Gasteiger partial charge is 0.406 e. The third kappa shape index (κ3) is 4.14. The first-order chi connectivity index (χ1) is 16.2. The molecule has 7 nitrogen and oxygen atoms in total. The molecule has 1 aromatic carbocycles. The predicted octanol–water partition coefficient (Wildman–Crippen LogP) is 4.68. The average Bonchev–Trinajstić information content (AvgIpc) is 3.26. The number of halogens is 5. The molecule has 1 aliphatic heterocycles. The standard InChI is InChI=1S/C22H14ClF4N5O2/c23-20-16(19-3-1-2-13-10-28-30-32(13)19)9-15-18(29-20)6-7-31(21(15)33)11-12-8-14(4-5-17(12)24)34-22(25,26)27/h1-5,8-10H,6-7,11H2. The zero-order valence-corrected chi connectivity index (χ0v) is 17.9. The third-order valence-corrected chi connectivity index (χ3v) is 5.69. The van der Waals surface area contributed by atoms with Gasteiger partial charge in [0.15, 0.2) is 0 Å². The molecule has 0 atom stereocenters. The van der Waals surface area contributed by atoms with Gasteiger partial charge in [-0.05, 0) is 36.4 Å². The van der Waals surface area contributed by atoms with Gasteiger partial charge >= 0.3 is 6.36 Å². The van der Waals surface area contributed by atoms with E-state index in [1.54, 1.807) is 35.0 Å². The Morgan fingerprint density at radius 1 is 1.12 bits per heavy atom. The molecular formula is C22H14ClF4N5O2. The molecule has 0 saturated carbocycles. The second kappa shape index (κ2) is 8.24. The summed E-state index contributed by atoms with van der Waals surface area (Å²) in [7, 11) is 0. The summed E-state index contributed by atoms with van der Waals surface area (Å²) in [6.07, 6.45) is -3.00. The Labute approximate surface area is 194 Å². The number of aromatic nitrogens is 4. The van der Waals surface area contributed by atoms with Crippen molar-refractivity contribution in [2.75, 3.05) is 6.54 Å². The summed E-state index contributed by atoms with van der Waals surface area (Å²) in [5.41, 5.74) is 2.40. The van der Waals surface area contributed by atoms with Crippen molar-refractivity contribution in [1.29, 1.82) is 0 Å². The number of ether oxygens (including phenoxy) is 1. The number of hydrogen-bond donors (Lipinski definition) is 0. The van der Waals surface area contributed by atoms with Crippen molar-refractivity contribution < 1.29 is 27.1 Å². The molecule has 0 aliphatic carbocycles. The zero-order chi connectivity index (χ0) is 24.0. The van der Waals surface area contributed by atoms with E-state index in [0.29, 0.717) is 23.4 Å². The lowest BCUT2D eigenvalue weighted by atomic mass is 10.0. The van der Waals surface area contributed by atoms with Crippen LogP contribution in [0.25, 0.3) is 16.8 Å². The molecule has 0 saturated heterocycles. The molecule has 0 fully saturated rings. The average molecular weight is 492 g/mol. The molecule has 0 N–H and O–H groups in total. The fraction of sp³-hybridized carbons (Fsp3) is 0.182. The van der Waals surface area contributed by atoms with E-state index >= 15 is 0 Å². The van der Waals surface area contributed by atoms with Crippen LogP contribution in [0, 0.1) is 5.82 Å². The molecule has 0 radical (unpaired) electrons. The van der Waals surface area contributed by atoms with Crippen molar-refractivity contribution in [3.63, 3.8) is 0 Å². The fourth-order valence-electron chi connectivity index (χ4n) is 3.88. The van der Waals surface area contributed by atoms with Crippen molar-refractivity contribution in [2.24, 2.45) is 0 Å². The highest BCUT2D eigenvalue weighted by Crippen LogP contribution is 2.32. The normalized spacial score (nSPS) is 13.9. The number of amides is 1. The molecule has 0 unspecified atom stereocenters. The van der Waals surface area contributed by atoms with E-state index in [1.807, 2.05) is 0 Å². The van der Waals surface area contributed by atoms with E-state index < -0.39 is 23.8 Å². The topological polar surface area (TPSA) is 72.6 Å². The van der Waals surface area contributed by atoms with Gasteiger partial charge in [0.2, 0.25) is 0 Å². The van der Waals surface area contributed by atoms with Crippen molar-refractivity contribution in [3.8, 4) is 17.0 Å². The lowest BCUT2D eigenvalue weighted by molar-refractivity contribution is -0.274. The number of alkyl halides is 3. The largest absolute Gasteiger partial charge is 0.573 e. The van der Waals surface area contributed by atoms with Crippen molar-refractivity contribution >= 4 is 23.0 Å². The number of nitrogens with zero attached hydrogens (tertiary/aromatic N) is 5. The maximum Gasteiger partial charge on any atom is 0.573 e. The summed E-state index contributed by atoms with van der Waals surface area (Å²) in [6, 6.07) is 9.62. The quantitative estimate of drug-likeness (QED) is 0.306. The van der Waals surface area contributed by atoms with Crippen LogP contribution in [0.2, 0.25) is 5.15 Å². The van der Waals surface area contributed by atoms with Gasteiger partial charge in [0.25, 0.3) is 5.91 Å². The van der Waals surface area contributed by atoms with Gasteiger partial charge in [-0.15, -0.1) is 18.3 Å². The molecule has 0 spiro atoms. The molecule has 34 heavy (non-hydrogen) atoms. The van der Waals surface area contributed by atoms with Crippen LogP contribution in [0.15, 0.2) is 48.7 Å². The Kier molecular flexibility index (Phi) is 5.35. The first kappa shape index (κ1) is 22.1. The fourth-order valence-corrected chi connectivity index (χ4v) is 4.13. The third-order valence-electron chi connectivity index (χ3n) is 5.40. The molecule has 5 rings (SSSR count). The summed E-state index contributed by atoms with van der Waals surface area (Å²) >= 11 is 6.42. The van der Waals surface area contributed by atoms with E-state index in [1.165, 1.54) is 4.90 Å². The molecule has 1 aliphatic rings. The van der Waals surface area contributed by atoms with Crippen LogP contribution in [0.3, 0.4) is 0 Å². The Hall–Kier alpha value is -3.73. The molecular weight excluding hydrogens is 478 g/mol.